The zero-order valence-electron chi connectivity index (χ0n) is 14.7. The van der Waals surface area contributed by atoms with E-state index in [-0.39, 0.29) is 0 Å². The Morgan fingerprint density at radius 2 is 1.85 bits per heavy atom. The number of aromatic nitrogens is 1. The number of hydrogen-bond acceptors (Lipinski definition) is 2. The molecular weight excluding hydrogens is 318 g/mol. The van der Waals surface area contributed by atoms with Crippen LogP contribution in [0.15, 0.2) is 96.3 Å². The van der Waals surface area contributed by atoms with Crippen molar-refractivity contribution in [1.82, 2.24) is 4.57 Å². The number of aliphatic imine (C=N–C) groups is 1. The van der Waals surface area contributed by atoms with Gasteiger partial charge in [-0.3, -0.25) is 4.99 Å². The molecule has 0 fully saturated rings. The Bertz CT molecular complexity index is 1020. The highest BCUT2D eigenvalue weighted by Gasteiger charge is 2.18. The maximum atomic E-state index is 4.24. The molecule has 0 saturated heterocycles. The molecular formula is C23H21N3. The molecule has 0 unspecified atom stereocenters. The largest absolute Gasteiger partial charge is 0.321 e. The molecule has 3 aromatic rings. The maximum absolute atomic E-state index is 4.24. The lowest BCUT2D eigenvalue weighted by Gasteiger charge is -2.26. The van der Waals surface area contributed by atoms with Gasteiger partial charge in [-0.2, -0.15) is 0 Å². The summed E-state index contributed by atoms with van der Waals surface area (Å²) in [5.74, 6) is 0. The molecule has 26 heavy (non-hydrogen) atoms. The van der Waals surface area contributed by atoms with Crippen LogP contribution in [0.1, 0.15) is 5.56 Å². The zero-order chi connectivity index (χ0) is 17.9. The summed E-state index contributed by atoms with van der Waals surface area (Å²) in [5, 5.41) is 1.19. The van der Waals surface area contributed by atoms with Crippen LogP contribution in [0.2, 0.25) is 0 Å². The summed E-state index contributed by atoms with van der Waals surface area (Å²) in [4.78, 5) is 6.28. The van der Waals surface area contributed by atoms with Gasteiger partial charge in [0.05, 0.1) is 11.2 Å². The predicted octanol–water partition coefficient (Wildman–Crippen LogP) is 5.28. The van der Waals surface area contributed by atoms with Crippen molar-refractivity contribution in [3.63, 3.8) is 0 Å². The molecule has 2 heterocycles. The van der Waals surface area contributed by atoms with E-state index in [1.54, 1.807) is 0 Å². The molecule has 0 spiro atoms. The minimum absolute atomic E-state index is 0.478. The highest BCUT2D eigenvalue weighted by atomic mass is 15.2. The average Bonchev–Trinajstić information content (AvgIpc) is 3.12. The molecule has 0 aliphatic carbocycles. The normalized spacial score (nSPS) is 16.5. The molecule has 0 amide bonds. The van der Waals surface area contributed by atoms with Gasteiger partial charge in [0.1, 0.15) is 6.67 Å². The van der Waals surface area contributed by atoms with Crippen molar-refractivity contribution in [3.05, 3.63) is 96.9 Å². The van der Waals surface area contributed by atoms with E-state index < -0.39 is 0 Å². The minimum atomic E-state index is 0.478. The number of fused-ring (bicyclic) bond motifs is 3. The third-order valence-corrected chi connectivity index (χ3v) is 4.69. The van der Waals surface area contributed by atoms with Crippen molar-refractivity contribution in [2.24, 2.45) is 4.99 Å². The summed E-state index contributed by atoms with van der Waals surface area (Å²) < 4.78 is 2.22. The summed E-state index contributed by atoms with van der Waals surface area (Å²) >= 11 is 0. The number of benzene rings is 2. The lowest BCUT2D eigenvalue weighted by Crippen LogP contribution is -2.22. The van der Waals surface area contributed by atoms with E-state index in [0.717, 1.165) is 23.5 Å². The Balaban J connectivity index is 1.97. The van der Waals surface area contributed by atoms with E-state index in [0.29, 0.717) is 6.67 Å². The Morgan fingerprint density at radius 3 is 2.65 bits per heavy atom. The van der Waals surface area contributed by atoms with Crippen LogP contribution < -0.4 is 4.90 Å². The molecule has 1 aromatic heterocycles. The molecule has 0 N–H and O–H groups in total. The van der Waals surface area contributed by atoms with E-state index in [2.05, 4.69) is 88.6 Å². The van der Waals surface area contributed by atoms with Crippen molar-refractivity contribution in [1.29, 1.82) is 0 Å². The van der Waals surface area contributed by atoms with Crippen LogP contribution in [0.5, 0.6) is 0 Å². The van der Waals surface area contributed by atoms with Crippen molar-refractivity contribution >= 4 is 23.3 Å². The third kappa shape index (κ3) is 2.78. The molecule has 2 aromatic carbocycles. The predicted molar refractivity (Wildman–Crippen MR) is 111 cm³/mol. The van der Waals surface area contributed by atoms with E-state index in [4.69, 9.17) is 0 Å². The van der Waals surface area contributed by atoms with Crippen molar-refractivity contribution in [3.8, 4) is 5.69 Å². The third-order valence-electron chi connectivity index (χ3n) is 4.69. The number of allylic oxidation sites excluding steroid dienone is 4. The summed E-state index contributed by atoms with van der Waals surface area (Å²) in [6.45, 7) is 8.41. The number of rotatable bonds is 3. The molecule has 0 atom stereocenters. The number of anilines is 1. The van der Waals surface area contributed by atoms with E-state index >= 15 is 0 Å². The fourth-order valence-electron chi connectivity index (χ4n) is 3.48. The van der Waals surface area contributed by atoms with Crippen molar-refractivity contribution < 1.29 is 0 Å². The minimum Gasteiger partial charge on any atom is -0.321 e. The fourth-order valence-corrected chi connectivity index (χ4v) is 3.48. The smallest absolute Gasteiger partial charge is 0.114 e. The molecule has 0 bridgehead atoms. The van der Waals surface area contributed by atoms with E-state index in [1.807, 2.05) is 18.2 Å². The second-order valence-electron chi connectivity index (χ2n) is 6.30. The Kier molecular flexibility index (Phi) is 4.28. The van der Waals surface area contributed by atoms with Crippen LogP contribution in [0.3, 0.4) is 0 Å². The topological polar surface area (TPSA) is 20.5 Å². The first kappa shape index (κ1) is 16.2. The second-order valence-corrected chi connectivity index (χ2v) is 6.30. The van der Waals surface area contributed by atoms with Crippen LogP contribution in [-0.4, -0.2) is 18.0 Å². The number of para-hydroxylation sites is 1. The highest BCUT2D eigenvalue weighted by Crippen LogP contribution is 2.36. The summed E-state index contributed by atoms with van der Waals surface area (Å²) in [5.41, 5.74) is 5.64. The van der Waals surface area contributed by atoms with Gasteiger partial charge in [0.2, 0.25) is 0 Å². The molecule has 3 nitrogen and oxygen atoms in total. The first-order chi connectivity index (χ1) is 12.8. The van der Waals surface area contributed by atoms with Crippen LogP contribution in [0.25, 0.3) is 16.6 Å². The van der Waals surface area contributed by atoms with Gasteiger partial charge in [-0.25, -0.2) is 0 Å². The highest BCUT2D eigenvalue weighted by molar-refractivity contribution is 5.96. The Morgan fingerprint density at radius 1 is 1.00 bits per heavy atom. The maximum Gasteiger partial charge on any atom is 0.114 e. The van der Waals surface area contributed by atoms with Crippen LogP contribution in [0.4, 0.5) is 5.69 Å². The lowest BCUT2D eigenvalue weighted by molar-refractivity contribution is 0.950. The van der Waals surface area contributed by atoms with Gasteiger partial charge in [0.25, 0.3) is 0 Å². The molecule has 1 aliphatic rings. The Hall–Kier alpha value is -3.33. The first-order valence-corrected chi connectivity index (χ1v) is 8.70. The Labute approximate surface area is 153 Å². The van der Waals surface area contributed by atoms with Gasteiger partial charge >= 0.3 is 0 Å². The average molecular weight is 339 g/mol. The molecule has 0 radical (unpaired) electrons. The van der Waals surface area contributed by atoms with E-state index in [1.165, 1.54) is 16.5 Å². The number of hydrogen-bond donors (Lipinski definition) is 0. The van der Waals surface area contributed by atoms with E-state index in [9.17, 15) is 0 Å². The molecule has 128 valence electrons. The van der Waals surface area contributed by atoms with Gasteiger partial charge in [0.15, 0.2) is 0 Å². The molecule has 0 saturated carbocycles. The van der Waals surface area contributed by atoms with Gasteiger partial charge in [-0.05, 0) is 49.0 Å². The number of nitrogens with zero attached hydrogens (tertiary/aromatic N) is 3. The van der Waals surface area contributed by atoms with Crippen LogP contribution >= 0.6 is 0 Å². The lowest BCUT2D eigenvalue weighted by atomic mass is 10.0. The van der Waals surface area contributed by atoms with Crippen LogP contribution in [-0.2, 0) is 6.42 Å². The van der Waals surface area contributed by atoms with Gasteiger partial charge in [0, 0.05) is 23.0 Å². The van der Waals surface area contributed by atoms with Gasteiger partial charge in [-0.1, -0.05) is 49.1 Å². The van der Waals surface area contributed by atoms with Gasteiger partial charge < -0.3 is 9.47 Å². The molecule has 4 rings (SSSR count). The zero-order valence-corrected chi connectivity index (χ0v) is 14.7. The quantitative estimate of drug-likeness (QED) is 0.595. The molecule has 1 aliphatic heterocycles. The monoisotopic (exact) mass is 339 g/mol. The summed E-state index contributed by atoms with van der Waals surface area (Å²) in [6.07, 6.45) is 11.3. The van der Waals surface area contributed by atoms with Crippen LogP contribution in [0, 0.1) is 0 Å². The fraction of sp³-hybridized carbons (Fsp3) is 0.0870. The van der Waals surface area contributed by atoms with Crippen molar-refractivity contribution in [2.45, 2.75) is 6.42 Å². The summed E-state index contributed by atoms with van der Waals surface area (Å²) in [7, 11) is 0. The van der Waals surface area contributed by atoms with Gasteiger partial charge in [-0.15, -0.1) is 0 Å². The SMILES string of the molecule is C=NCN1C(=C)/C=C\C=C/Cc2ccc3c(ccn3-c3ccccc3)c21. The standard InChI is InChI=1S/C23H21N3/c1-18-9-5-3-6-10-19-13-14-22-21(23(19)26(18)17-24-2)15-16-25(22)20-11-7-4-8-12-20/h3-9,11-16H,1-2,10,17H2/b6-3-,9-5-. The summed E-state index contributed by atoms with van der Waals surface area (Å²) in [6, 6.07) is 17.0. The van der Waals surface area contributed by atoms with Crippen molar-refractivity contribution in [2.75, 3.05) is 11.6 Å². The second kappa shape index (κ2) is 6.89. The molecule has 3 heteroatoms. The first-order valence-electron chi connectivity index (χ1n) is 8.70.